The van der Waals surface area contributed by atoms with Gasteiger partial charge < -0.3 is 5.32 Å². The highest BCUT2D eigenvalue weighted by Gasteiger charge is 2.12. The maximum absolute atomic E-state index is 12.6. The molecule has 0 unspecified atom stereocenters. The van der Waals surface area contributed by atoms with Crippen molar-refractivity contribution in [2.45, 2.75) is 20.4 Å². The van der Waals surface area contributed by atoms with Crippen LogP contribution in [-0.2, 0) is 11.3 Å². The van der Waals surface area contributed by atoms with Gasteiger partial charge in [-0.25, -0.2) is 4.98 Å². The smallest absolute Gasteiger partial charge is 0.262 e. The molecule has 0 aliphatic rings. The quantitative estimate of drug-likeness (QED) is 0.776. The zero-order valence-electron chi connectivity index (χ0n) is 13.7. The fourth-order valence-corrected chi connectivity index (χ4v) is 3.34. The molecule has 0 atom stereocenters. The van der Waals surface area contributed by atoms with Gasteiger partial charge >= 0.3 is 0 Å². The van der Waals surface area contributed by atoms with Gasteiger partial charge in [-0.05, 0) is 17.5 Å². The Hall–Kier alpha value is -2.47. The molecule has 1 aromatic carbocycles. The summed E-state index contributed by atoms with van der Waals surface area (Å²) in [6, 6.07) is 11.7. The second-order valence-corrected chi connectivity index (χ2v) is 7.10. The third kappa shape index (κ3) is 3.54. The number of hydrogen-bond donors (Lipinski definition) is 1. The summed E-state index contributed by atoms with van der Waals surface area (Å²) in [6.45, 7) is 4.64. The Balaban J connectivity index is 1.88. The maximum atomic E-state index is 12.6. The van der Waals surface area contributed by atoms with E-state index in [0.29, 0.717) is 22.7 Å². The zero-order valence-corrected chi connectivity index (χ0v) is 14.5. The molecule has 1 amide bonds. The molecule has 124 valence electrons. The van der Waals surface area contributed by atoms with Crippen LogP contribution >= 0.6 is 11.3 Å². The monoisotopic (exact) mass is 341 g/mol. The molecule has 0 saturated heterocycles. The molecule has 2 heterocycles. The summed E-state index contributed by atoms with van der Waals surface area (Å²) in [4.78, 5) is 30.6. The van der Waals surface area contributed by atoms with E-state index in [2.05, 4.69) is 10.3 Å². The molecule has 24 heavy (non-hydrogen) atoms. The van der Waals surface area contributed by atoms with Gasteiger partial charge in [-0.3, -0.25) is 14.2 Å². The first-order chi connectivity index (χ1) is 11.5. The van der Waals surface area contributed by atoms with Gasteiger partial charge in [0.05, 0.1) is 11.7 Å². The van der Waals surface area contributed by atoms with E-state index in [-0.39, 0.29) is 18.0 Å². The first kappa shape index (κ1) is 16.4. The standard InChI is InChI=1S/C18H19N3O2S/c1-12(2)9-19-16(22)10-21-11-20-17-14(18(21)23)8-15(24-17)13-6-4-3-5-7-13/h3-8,11-12H,9-10H2,1-2H3,(H,19,22). The molecule has 2 aromatic heterocycles. The molecule has 0 aliphatic heterocycles. The number of rotatable bonds is 5. The lowest BCUT2D eigenvalue weighted by Crippen LogP contribution is -2.34. The molecule has 0 radical (unpaired) electrons. The fourth-order valence-electron chi connectivity index (χ4n) is 2.35. The predicted molar refractivity (Wildman–Crippen MR) is 97.2 cm³/mol. The molecule has 6 heteroatoms. The highest BCUT2D eigenvalue weighted by molar-refractivity contribution is 7.21. The van der Waals surface area contributed by atoms with Crippen molar-refractivity contribution in [2.24, 2.45) is 5.92 Å². The number of amides is 1. The van der Waals surface area contributed by atoms with Crippen molar-refractivity contribution < 1.29 is 4.79 Å². The number of nitrogens with zero attached hydrogens (tertiary/aromatic N) is 2. The van der Waals surface area contributed by atoms with Gasteiger partial charge in [0.15, 0.2) is 0 Å². The average Bonchev–Trinajstić information content (AvgIpc) is 3.01. The van der Waals surface area contributed by atoms with Gasteiger partial charge in [-0.1, -0.05) is 44.2 Å². The number of benzene rings is 1. The van der Waals surface area contributed by atoms with E-state index in [4.69, 9.17) is 0 Å². The Bertz CT molecular complexity index is 913. The average molecular weight is 341 g/mol. The Morgan fingerprint density at radius 1 is 1.29 bits per heavy atom. The highest BCUT2D eigenvalue weighted by atomic mass is 32.1. The van der Waals surface area contributed by atoms with Gasteiger partial charge in [-0.15, -0.1) is 11.3 Å². The predicted octanol–water partition coefficient (Wildman–Crippen LogP) is 2.90. The second kappa shape index (κ2) is 6.97. The Morgan fingerprint density at radius 2 is 2.04 bits per heavy atom. The molecular formula is C18H19N3O2S. The van der Waals surface area contributed by atoms with Gasteiger partial charge in [0.1, 0.15) is 11.4 Å². The molecule has 0 saturated carbocycles. The molecule has 0 bridgehead atoms. The van der Waals surface area contributed by atoms with E-state index in [1.165, 1.54) is 22.2 Å². The van der Waals surface area contributed by atoms with E-state index in [1.54, 1.807) is 0 Å². The third-order valence-corrected chi connectivity index (χ3v) is 4.69. The van der Waals surface area contributed by atoms with E-state index in [1.807, 2.05) is 50.2 Å². The van der Waals surface area contributed by atoms with Crippen LogP contribution in [0.4, 0.5) is 0 Å². The van der Waals surface area contributed by atoms with Crippen molar-refractivity contribution in [1.29, 1.82) is 0 Å². The summed E-state index contributed by atoms with van der Waals surface area (Å²) in [5, 5.41) is 3.37. The second-order valence-electron chi connectivity index (χ2n) is 6.07. The largest absolute Gasteiger partial charge is 0.354 e. The van der Waals surface area contributed by atoms with Crippen molar-refractivity contribution in [3.05, 3.63) is 53.1 Å². The number of carbonyl (C=O) groups excluding carboxylic acids is 1. The number of nitrogens with one attached hydrogen (secondary N) is 1. The van der Waals surface area contributed by atoms with E-state index in [9.17, 15) is 9.59 Å². The fraction of sp³-hybridized carbons (Fsp3) is 0.278. The lowest BCUT2D eigenvalue weighted by molar-refractivity contribution is -0.121. The number of fused-ring (bicyclic) bond motifs is 1. The van der Waals surface area contributed by atoms with E-state index < -0.39 is 0 Å². The summed E-state index contributed by atoms with van der Waals surface area (Å²) in [5.41, 5.74) is 0.874. The minimum Gasteiger partial charge on any atom is -0.354 e. The summed E-state index contributed by atoms with van der Waals surface area (Å²) < 4.78 is 1.36. The molecule has 0 aliphatic carbocycles. The lowest BCUT2D eigenvalue weighted by Gasteiger charge is -2.08. The van der Waals surface area contributed by atoms with Crippen LogP contribution in [0.1, 0.15) is 13.8 Å². The van der Waals surface area contributed by atoms with Crippen LogP contribution in [0, 0.1) is 5.92 Å². The Labute approximate surface area is 144 Å². The van der Waals surface area contributed by atoms with Crippen LogP contribution < -0.4 is 10.9 Å². The topological polar surface area (TPSA) is 64.0 Å². The summed E-state index contributed by atoms with van der Waals surface area (Å²) in [7, 11) is 0. The van der Waals surface area contributed by atoms with Crippen molar-refractivity contribution in [3.63, 3.8) is 0 Å². The van der Waals surface area contributed by atoms with Crippen LogP contribution in [0.5, 0.6) is 0 Å². The maximum Gasteiger partial charge on any atom is 0.262 e. The molecule has 3 aromatic rings. The van der Waals surface area contributed by atoms with Crippen LogP contribution in [-0.4, -0.2) is 22.0 Å². The molecule has 5 nitrogen and oxygen atoms in total. The minimum atomic E-state index is -0.182. The van der Waals surface area contributed by atoms with Crippen LogP contribution in [0.15, 0.2) is 47.5 Å². The molecule has 0 fully saturated rings. The SMILES string of the molecule is CC(C)CNC(=O)Cn1cnc2sc(-c3ccccc3)cc2c1=O. The molecular weight excluding hydrogens is 322 g/mol. The number of thiophene rings is 1. The van der Waals surface area contributed by atoms with Crippen molar-refractivity contribution in [3.8, 4) is 10.4 Å². The van der Waals surface area contributed by atoms with Crippen molar-refractivity contribution >= 4 is 27.5 Å². The summed E-state index contributed by atoms with van der Waals surface area (Å²) in [6.07, 6.45) is 1.45. The summed E-state index contributed by atoms with van der Waals surface area (Å²) in [5.74, 6) is 0.196. The minimum absolute atomic E-state index is 0.00892. The van der Waals surface area contributed by atoms with Crippen molar-refractivity contribution in [1.82, 2.24) is 14.9 Å². The van der Waals surface area contributed by atoms with Crippen LogP contribution in [0.25, 0.3) is 20.7 Å². The summed E-state index contributed by atoms with van der Waals surface area (Å²) >= 11 is 1.48. The first-order valence-electron chi connectivity index (χ1n) is 7.85. The Kier molecular flexibility index (Phi) is 4.76. The van der Waals surface area contributed by atoms with Crippen LogP contribution in [0.2, 0.25) is 0 Å². The molecule has 3 rings (SSSR count). The van der Waals surface area contributed by atoms with Gasteiger partial charge in [0, 0.05) is 11.4 Å². The zero-order chi connectivity index (χ0) is 17.1. The third-order valence-electron chi connectivity index (χ3n) is 3.60. The highest BCUT2D eigenvalue weighted by Crippen LogP contribution is 2.30. The van der Waals surface area contributed by atoms with Crippen molar-refractivity contribution in [2.75, 3.05) is 6.54 Å². The first-order valence-corrected chi connectivity index (χ1v) is 8.67. The van der Waals surface area contributed by atoms with Gasteiger partial charge in [-0.2, -0.15) is 0 Å². The van der Waals surface area contributed by atoms with Crippen LogP contribution in [0.3, 0.4) is 0 Å². The normalized spacial score (nSPS) is 11.1. The number of hydrogen-bond acceptors (Lipinski definition) is 4. The lowest BCUT2D eigenvalue weighted by atomic mass is 10.2. The molecule has 1 N–H and O–H groups in total. The number of aromatic nitrogens is 2. The van der Waals surface area contributed by atoms with Gasteiger partial charge in [0.25, 0.3) is 5.56 Å². The number of carbonyl (C=O) groups is 1. The van der Waals surface area contributed by atoms with Gasteiger partial charge in [0.2, 0.25) is 5.91 Å². The van der Waals surface area contributed by atoms with E-state index >= 15 is 0 Å². The Morgan fingerprint density at radius 3 is 2.75 bits per heavy atom. The van der Waals surface area contributed by atoms with E-state index in [0.717, 1.165) is 10.4 Å². The molecule has 0 spiro atoms.